The maximum Gasteiger partial charge on any atom is 0.101 e. The first-order valence-electron chi connectivity index (χ1n) is 5.35. The Hall–Kier alpha value is -0.370. The molecule has 1 saturated carbocycles. The van der Waals surface area contributed by atoms with Crippen molar-refractivity contribution in [1.29, 1.82) is 0 Å². The lowest BCUT2D eigenvalue weighted by atomic mass is 9.93. The van der Waals surface area contributed by atoms with Crippen LogP contribution in [0.3, 0.4) is 0 Å². The van der Waals surface area contributed by atoms with Crippen LogP contribution >= 0.6 is 12.2 Å². The second kappa shape index (κ2) is 4.23. The van der Waals surface area contributed by atoms with E-state index in [1.54, 1.807) is 0 Å². The molecule has 0 aromatic rings. The molecule has 0 N–H and O–H groups in total. The number of hydrogen-bond acceptors (Lipinski definition) is 1. The van der Waals surface area contributed by atoms with Gasteiger partial charge in [-0.15, -0.1) is 0 Å². The first kappa shape index (κ1) is 9.20. The Balaban J connectivity index is 1.98. The summed E-state index contributed by atoms with van der Waals surface area (Å²) in [6.45, 7) is 1.15. The molecule has 2 aliphatic rings. The van der Waals surface area contributed by atoms with Crippen LogP contribution in [-0.4, -0.2) is 22.5 Å². The van der Waals surface area contributed by atoms with Crippen LogP contribution in [0, 0.1) is 0 Å². The summed E-state index contributed by atoms with van der Waals surface area (Å²) < 4.78 is 0. The zero-order valence-electron chi connectivity index (χ0n) is 8.04. The fourth-order valence-corrected chi connectivity index (χ4v) is 2.70. The van der Waals surface area contributed by atoms with Crippen molar-refractivity contribution in [2.45, 2.75) is 44.6 Å². The molecular formula is C11H17NS. The minimum atomic E-state index is 0.756. The Labute approximate surface area is 85.8 Å². The fraction of sp³-hybridized carbons (Fsp3) is 0.727. The summed E-state index contributed by atoms with van der Waals surface area (Å²) in [5.41, 5.74) is 0. The van der Waals surface area contributed by atoms with Gasteiger partial charge in [-0.3, -0.25) is 0 Å². The molecule has 1 aliphatic carbocycles. The molecule has 2 rings (SSSR count). The quantitative estimate of drug-likeness (QED) is 0.592. The monoisotopic (exact) mass is 195 g/mol. The van der Waals surface area contributed by atoms with Crippen LogP contribution in [0.4, 0.5) is 0 Å². The van der Waals surface area contributed by atoms with Gasteiger partial charge >= 0.3 is 0 Å². The summed E-state index contributed by atoms with van der Waals surface area (Å²) in [5.74, 6) is 0. The molecule has 13 heavy (non-hydrogen) atoms. The lowest BCUT2D eigenvalue weighted by molar-refractivity contribution is 0.248. The lowest BCUT2D eigenvalue weighted by Crippen LogP contribution is -2.41. The van der Waals surface area contributed by atoms with Crippen molar-refractivity contribution in [3.63, 3.8) is 0 Å². The third kappa shape index (κ3) is 2.11. The number of rotatable bonds is 1. The van der Waals surface area contributed by atoms with E-state index in [-0.39, 0.29) is 0 Å². The summed E-state index contributed by atoms with van der Waals surface area (Å²) in [6.07, 6.45) is 12.4. The molecule has 1 heterocycles. The number of hydrogen-bond donors (Lipinski definition) is 0. The van der Waals surface area contributed by atoms with Crippen LogP contribution in [0.25, 0.3) is 0 Å². The average Bonchev–Trinajstić information content (AvgIpc) is 2.20. The summed E-state index contributed by atoms with van der Waals surface area (Å²) in [7, 11) is 0. The Morgan fingerprint density at radius 1 is 1.23 bits per heavy atom. The highest BCUT2D eigenvalue weighted by Gasteiger charge is 2.22. The second-order valence-corrected chi connectivity index (χ2v) is 4.43. The molecule has 1 fully saturated rings. The molecule has 0 spiro atoms. The maximum absolute atomic E-state index is 5.35. The van der Waals surface area contributed by atoms with Gasteiger partial charge in [-0.05, 0) is 25.3 Å². The summed E-state index contributed by atoms with van der Waals surface area (Å²) >= 11 is 5.35. The first-order valence-corrected chi connectivity index (χ1v) is 5.76. The predicted octanol–water partition coefficient (Wildman–Crippen LogP) is 2.91. The van der Waals surface area contributed by atoms with Crippen molar-refractivity contribution in [2.75, 3.05) is 6.54 Å². The highest BCUT2D eigenvalue weighted by Crippen LogP contribution is 2.24. The van der Waals surface area contributed by atoms with Crippen LogP contribution in [0.2, 0.25) is 0 Å². The van der Waals surface area contributed by atoms with E-state index < -0.39 is 0 Å². The van der Waals surface area contributed by atoms with Gasteiger partial charge in [-0.1, -0.05) is 37.6 Å². The molecule has 0 radical (unpaired) electrons. The molecule has 0 unspecified atom stereocenters. The SMILES string of the molecule is S=C1C=CCCN1C1CCCCC1. The van der Waals surface area contributed by atoms with Gasteiger partial charge in [0.15, 0.2) is 0 Å². The van der Waals surface area contributed by atoms with Crippen LogP contribution in [0.15, 0.2) is 12.2 Å². The molecule has 72 valence electrons. The van der Waals surface area contributed by atoms with E-state index >= 15 is 0 Å². The Bertz CT molecular complexity index is 216. The number of nitrogens with zero attached hydrogens (tertiary/aromatic N) is 1. The van der Waals surface area contributed by atoms with Crippen LogP contribution < -0.4 is 0 Å². The summed E-state index contributed by atoms with van der Waals surface area (Å²) in [4.78, 5) is 3.51. The van der Waals surface area contributed by atoms with Crippen molar-refractivity contribution in [3.05, 3.63) is 12.2 Å². The minimum Gasteiger partial charge on any atom is -0.360 e. The van der Waals surface area contributed by atoms with Crippen molar-refractivity contribution < 1.29 is 0 Å². The molecule has 2 heteroatoms. The molecular weight excluding hydrogens is 178 g/mol. The minimum absolute atomic E-state index is 0.756. The topological polar surface area (TPSA) is 3.24 Å². The van der Waals surface area contributed by atoms with Gasteiger partial charge in [0.2, 0.25) is 0 Å². The van der Waals surface area contributed by atoms with Gasteiger partial charge in [-0.2, -0.15) is 0 Å². The van der Waals surface area contributed by atoms with Crippen molar-refractivity contribution in [2.24, 2.45) is 0 Å². The normalized spacial score (nSPS) is 25.2. The van der Waals surface area contributed by atoms with Gasteiger partial charge in [0.05, 0.1) is 0 Å². The third-order valence-corrected chi connectivity index (χ3v) is 3.47. The largest absolute Gasteiger partial charge is 0.360 e. The average molecular weight is 195 g/mol. The molecule has 0 saturated heterocycles. The third-order valence-electron chi connectivity index (χ3n) is 3.10. The highest BCUT2D eigenvalue weighted by atomic mass is 32.1. The van der Waals surface area contributed by atoms with Crippen LogP contribution in [0.5, 0.6) is 0 Å². The standard InChI is InChI=1S/C11H17NS/c13-11-8-4-5-9-12(11)10-6-2-1-3-7-10/h4,8,10H,1-3,5-7,9H2. The summed E-state index contributed by atoms with van der Waals surface area (Å²) in [5, 5.41) is 0. The van der Waals surface area contributed by atoms with E-state index in [4.69, 9.17) is 12.2 Å². The Morgan fingerprint density at radius 2 is 2.00 bits per heavy atom. The molecule has 1 aliphatic heterocycles. The first-order chi connectivity index (χ1) is 6.38. The Kier molecular flexibility index (Phi) is 2.99. The zero-order valence-corrected chi connectivity index (χ0v) is 8.85. The molecule has 0 atom stereocenters. The van der Waals surface area contributed by atoms with E-state index in [2.05, 4.69) is 17.1 Å². The van der Waals surface area contributed by atoms with Gasteiger partial charge in [-0.25, -0.2) is 0 Å². The number of thiocarbonyl (C=S) groups is 1. The summed E-state index contributed by atoms with van der Waals surface area (Å²) in [6, 6.07) is 0.756. The molecule has 0 aromatic heterocycles. The van der Waals surface area contributed by atoms with E-state index in [1.165, 1.54) is 38.5 Å². The van der Waals surface area contributed by atoms with E-state index in [0.717, 1.165) is 17.6 Å². The van der Waals surface area contributed by atoms with E-state index in [1.807, 2.05) is 0 Å². The smallest absolute Gasteiger partial charge is 0.101 e. The van der Waals surface area contributed by atoms with Crippen molar-refractivity contribution >= 4 is 17.2 Å². The van der Waals surface area contributed by atoms with Gasteiger partial charge in [0, 0.05) is 12.6 Å². The molecule has 0 amide bonds. The highest BCUT2D eigenvalue weighted by molar-refractivity contribution is 7.80. The fourth-order valence-electron chi connectivity index (χ4n) is 2.36. The molecule has 0 bridgehead atoms. The zero-order chi connectivity index (χ0) is 9.10. The maximum atomic E-state index is 5.35. The Morgan fingerprint density at radius 3 is 2.69 bits per heavy atom. The van der Waals surface area contributed by atoms with Crippen molar-refractivity contribution in [3.8, 4) is 0 Å². The van der Waals surface area contributed by atoms with E-state index in [0.29, 0.717) is 0 Å². The van der Waals surface area contributed by atoms with E-state index in [9.17, 15) is 0 Å². The molecule has 1 nitrogen and oxygen atoms in total. The van der Waals surface area contributed by atoms with Crippen molar-refractivity contribution in [1.82, 2.24) is 4.90 Å². The van der Waals surface area contributed by atoms with Gasteiger partial charge in [0.25, 0.3) is 0 Å². The second-order valence-electron chi connectivity index (χ2n) is 4.01. The van der Waals surface area contributed by atoms with Gasteiger partial charge < -0.3 is 4.90 Å². The lowest BCUT2D eigenvalue weighted by Gasteiger charge is -2.36. The van der Waals surface area contributed by atoms with Crippen LogP contribution in [-0.2, 0) is 0 Å². The predicted molar refractivity (Wildman–Crippen MR) is 59.9 cm³/mol. The molecule has 0 aromatic carbocycles. The van der Waals surface area contributed by atoms with Gasteiger partial charge in [0.1, 0.15) is 4.99 Å². The van der Waals surface area contributed by atoms with Crippen LogP contribution in [0.1, 0.15) is 38.5 Å².